The number of hydrogen-bond acceptors (Lipinski definition) is 6. The highest BCUT2D eigenvalue weighted by Gasteiger charge is 2.32. The van der Waals surface area contributed by atoms with Gasteiger partial charge in [0.2, 0.25) is 5.91 Å². The zero-order chi connectivity index (χ0) is 20.9. The van der Waals surface area contributed by atoms with E-state index >= 15 is 0 Å². The predicted molar refractivity (Wildman–Crippen MR) is 114 cm³/mol. The van der Waals surface area contributed by atoms with Crippen molar-refractivity contribution < 1.29 is 19.1 Å². The Morgan fingerprint density at radius 3 is 2.93 bits per heavy atom. The fourth-order valence-electron chi connectivity index (χ4n) is 3.78. The van der Waals surface area contributed by atoms with E-state index in [-0.39, 0.29) is 17.7 Å². The summed E-state index contributed by atoms with van der Waals surface area (Å²) >= 11 is 0. The fraction of sp³-hybridized carbons (Fsp3) is 0.304. The third kappa shape index (κ3) is 4.16. The van der Waals surface area contributed by atoms with E-state index in [1.807, 2.05) is 41.3 Å². The van der Waals surface area contributed by atoms with E-state index < -0.39 is 0 Å². The van der Waals surface area contributed by atoms with Crippen molar-refractivity contribution in [2.24, 2.45) is 0 Å². The molecule has 1 saturated heterocycles. The monoisotopic (exact) mass is 407 g/mol. The van der Waals surface area contributed by atoms with E-state index in [4.69, 9.17) is 14.1 Å². The molecule has 156 valence electrons. The number of phenols is 1. The molecule has 0 radical (unpaired) electrons. The number of benzene rings is 1. The molecule has 1 aliphatic rings. The number of amides is 1. The van der Waals surface area contributed by atoms with Crippen molar-refractivity contribution in [1.82, 2.24) is 10.3 Å². The van der Waals surface area contributed by atoms with E-state index in [1.54, 1.807) is 25.5 Å². The molecule has 1 atom stereocenters. The quantitative estimate of drug-likeness (QED) is 0.584. The van der Waals surface area contributed by atoms with Crippen LogP contribution in [0.15, 0.2) is 59.2 Å². The van der Waals surface area contributed by atoms with Gasteiger partial charge in [-0.05, 0) is 49.2 Å². The molecule has 1 fully saturated rings. The molecule has 2 aromatic heterocycles. The van der Waals surface area contributed by atoms with Crippen LogP contribution < -0.4 is 10.2 Å². The molecule has 2 N–H and O–H groups in total. The minimum Gasteiger partial charge on any atom is -0.507 e. The molecule has 1 aromatic carbocycles. The molecule has 0 spiro atoms. The van der Waals surface area contributed by atoms with Crippen LogP contribution in [0.5, 0.6) is 5.75 Å². The Morgan fingerprint density at radius 1 is 1.30 bits per heavy atom. The van der Waals surface area contributed by atoms with Gasteiger partial charge in [-0.15, -0.1) is 0 Å². The Morgan fingerprint density at radius 2 is 2.17 bits per heavy atom. The Bertz CT molecular complexity index is 1000. The number of carbonyl (C=O) groups excluding carboxylic acids is 1. The summed E-state index contributed by atoms with van der Waals surface area (Å²) in [5.74, 6) is 1.52. The average molecular weight is 407 g/mol. The summed E-state index contributed by atoms with van der Waals surface area (Å²) in [6.45, 7) is 1.68. The van der Waals surface area contributed by atoms with Gasteiger partial charge in [0.15, 0.2) is 0 Å². The number of nitrogens with one attached hydrogen (secondary N) is 1. The molecule has 0 saturated carbocycles. The van der Waals surface area contributed by atoms with E-state index in [0.29, 0.717) is 36.0 Å². The highest BCUT2D eigenvalue weighted by molar-refractivity contribution is 5.86. The number of pyridine rings is 1. The number of para-hydroxylation sites is 1. The van der Waals surface area contributed by atoms with E-state index in [2.05, 4.69) is 5.32 Å². The van der Waals surface area contributed by atoms with Crippen LogP contribution in [0.2, 0.25) is 0 Å². The van der Waals surface area contributed by atoms with Crippen LogP contribution in [0.3, 0.4) is 0 Å². The fourth-order valence-corrected chi connectivity index (χ4v) is 3.78. The predicted octanol–water partition coefficient (Wildman–Crippen LogP) is 3.45. The smallest absolute Gasteiger partial charge is 0.242 e. The van der Waals surface area contributed by atoms with Crippen molar-refractivity contribution in [1.29, 1.82) is 0 Å². The molecule has 0 aliphatic carbocycles. The number of aromatic hydroxyl groups is 1. The van der Waals surface area contributed by atoms with Crippen LogP contribution >= 0.6 is 0 Å². The van der Waals surface area contributed by atoms with Crippen LogP contribution in [0.4, 0.5) is 5.82 Å². The minimum absolute atomic E-state index is 0.0288. The van der Waals surface area contributed by atoms with Crippen LogP contribution in [0.1, 0.15) is 12.8 Å². The van der Waals surface area contributed by atoms with Crippen molar-refractivity contribution in [3.05, 3.63) is 54.8 Å². The topological polar surface area (TPSA) is 87.8 Å². The number of anilines is 1. The SMILES string of the molecule is COCCNC(=O)[C@@H]1CCCN1c1cc(-c2ccco2)cc(-c2ccccc2O)n1. The molecular weight excluding hydrogens is 382 g/mol. The normalized spacial score (nSPS) is 16.0. The Hall–Kier alpha value is -3.32. The number of carbonyl (C=O) groups is 1. The maximum absolute atomic E-state index is 12.7. The van der Waals surface area contributed by atoms with Crippen molar-refractivity contribution in [2.45, 2.75) is 18.9 Å². The molecule has 0 unspecified atom stereocenters. The molecule has 0 bridgehead atoms. The highest BCUT2D eigenvalue weighted by atomic mass is 16.5. The summed E-state index contributed by atoms with van der Waals surface area (Å²) in [6, 6.07) is 14.3. The van der Waals surface area contributed by atoms with Crippen LogP contribution in [-0.4, -0.2) is 48.8 Å². The van der Waals surface area contributed by atoms with Gasteiger partial charge in [0.25, 0.3) is 0 Å². The second kappa shape index (κ2) is 9.00. The van der Waals surface area contributed by atoms with Gasteiger partial charge in [-0.1, -0.05) is 12.1 Å². The number of rotatable bonds is 7. The number of aromatic nitrogens is 1. The summed E-state index contributed by atoms with van der Waals surface area (Å²) in [5.41, 5.74) is 2.10. The van der Waals surface area contributed by atoms with Gasteiger partial charge in [-0.25, -0.2) is 4.98 Å². The van der Waals surface area contributed by atoms with Crippen molar-refractivity contribution in [3.63, 3.8) is 0 Å². The highest BCUT2D eigenvalue weighted by Crippen LogP contribution is 2.35. The Balaban J connectivity index is 1.72. The van der Waals surface area contributed by atoms with Gasteiger partial charge < -0.3 is 24.5 Å². The van der Waals surface area contributed by atoms with Crippen molar-refractivity contribution in [2.75, 3.05) is 31.7 Å². The van der Waals surface area contributed by atoms with Crippen LogP contribution in [0, 0.1) is 0 Å². The Kier molecular flexibility index (Phi) is 5.99. The number of nitrogens with zero attached hydrogens (tertiary/aromatic N) is 2. The number of methoxy groups -OCH3 is 1. The lowest BCUT2D eigenvalue weighted by Gasteiger charge is -2.26. The number of ether oxygens (including phenoxy) is 1. The van der Waals surface area contributed by atoms with Crippen molar-refractivity contribution in [3.8, 4) is 28.3 Å². The second-order valence-corrected chi connectivity index (χ2v) is 7.23. The van der Waals surface area contributed by atoms with Crippen molar-refractivity contribution >= 4 is 11.7 Å². The number of phenolic OH excluding ortho intramolecular Hbond substituents is 1. The van der Waals surface area contributed by atoms with Gasteiger partial charge >= 0.3 is 0 Å². The van der Waals surface area contributed by atoms with E-state index in [9.17, 15) is 9.90 Å². The zero-order valence-electron chi connectivity index (χ0n) is 16.9. The first kappa shape index (κ1) is 20.0. The standard InChI is InChI=1S/C23H25N3O4/c1-29-13-10-24-23(28)19-7-4-11-26(19)22-15-16(21-9-5-12-30-21)14-18(25-22)17-6-2-3-8-20(17)27/h2-3,5-6,8-9,12,14-15,19,27H,4,7,10-11,13H2,1H3,(H,24,28)/t19-/m0/s1. The first-order valence-electron chi connectivity index (χ1n) is 10.0. The summed E-state index contributed by atoms with van der Waals surface area (Å²) in [7, 11) is 1.61. The van der Waals surface area contributed by atoms with Gasteiger partial charge in [0.1, 0.15) is 23.4 Å². The average Bonchev–Trinajstić information content (AvgIpc) is 3.46. The molecule has 30 heavy (non-hydrogen) atoms. The summed E-state index contributed by atoms with van der Waals surface area (Å²) in [5, 5.41) is 13.3. The van der Waals surface area contributed by atoms with Gasteiger partial charge in [0, 0.05) is 31.3 Å². The van der Waals surface area contributed by atoms with Crippen LogP contribution in [-0.2, 0) is 9.53 Å². The minimum atomic E-state index is -0.293. The van der Waals surface area contributed by atoms with Gasteiger partial charge in [0.05, 0.1) is 18.6 Å². The lowest BCUT2D eigenvalue weighted by Crippen LogP contribution is -2.44. The summed E-state index contributed by atoms with van der Waals surface area (Å²) in [4.78, 5) is 19.6. The molecule has 4 rings (SSSR count). The van der Waals surface area contributed by atoms with E-state index in [0.717, 1.165) is 24.9 Å². The molecular formula is C23H25N3O4. The zero-order valence-corrected chi connectivity index (χ0v) is 16.9. The lowest BCUT2D eigenvalue weighted by molar-refractivity contribution is -0.122. The molecule has 1 aliphatic heterocycles. The Labute approximate surface area is 175 Å². The maximum Gasteiger partial charge on any atom is 0.242 e. The maximum atomic E-state index is 12.7. The molecule has 3 heterocycles. The molecule has 1 amide bonds. The molecule has 3 aromatic rings. The van der Waals surface area contributed by atoms with Crippen LogP contribution in [0.25, 0.3) is 22.6 Å². The summed E-state index contributed by atoms with van der Waals surface area (Å²) in [6.07, 6.45) is 3.29. The molecule has 7 heteroatoms. The number of furan rings is 1. The third-order valence-electron chi connectivity index (χ3n) is 5.25. The third-order valence-corrected chi connectivity index (χ3v) is 5.25. The number of hydrogen-bond donors (Lipinski definition) is 2. The largest absolute Gasteiger partial charge is 0.507 e. The second-order valence-electron chi connectivity index (χ2n) is 7.23. The summed E-state index contributed by atoms with van der Waals surface area (Å²) < 4.78 is 10.6. The van der Waals surface area contributed by atoms with Gasteiger partial charge in [-0.3, -0.25) is 4.79 Å². The van der Waals surface area contributed by atoms with E-state index in [1.165, 1.54) is 0 Å². The lowest BCUT2D eigenvalue weighted by atomic mass is 10.1. The first-order chi connectivity index (χ1) is 14.7. The first-order valence-corrected chi connectivity index (χ1v) is 10.0. The van der Waals surface area contributed by atoms with Gasteiger partial charge in [-0.2, -0.15) is 0 Å². The molecule has 7 nitrogen and oxygen atoms in total.